The van der Waals surface area contributed by atoms with Crippen molar-refractivity contribution in [3.8, 4) is 0 Å². The van der Waals surface area contributed by atoms with Crippen molar-refractivity contribution in [2.75, 3.05) is 0 Å². The van der Waals surface area contributed by atoms with Crippen LogP contribution in [0.3, 0.4) is 0 Å². The van der Waals surface area contributed by atoms with Crippen LogP contribution < -0.4 is 10.6 Å². The molecule has 56 valence electrons. The highest BCUT2D eigenvalue weighted by atomic mass is 16.2. The molecule has 0 aromatic rings. The Balaban J connectivity index is 3.68. The summed E-state index contributed by atoms with van der Waals surface area (Å²) in [7, 11) is 0. The zero-order chi connectivity index (χ0) is 7.98. The van der Waals surface area contributed by atoms with Crippen LogP contribution in [0.15, 0.2) is 11.8 Å². The van der Waals surface area contributed by atoms with Crippen LogP contribution in [-0.2, 0) is 4.79 Å². The smallest absolute Gasteiger partial charge is 0.312 e. The summed E-state index contributed by atoms with van der Waals surface area (Å²) < 4.78 is 0. The zero-order valence-electron chi connectivity index (χ0n) is 5.97. The largest absolute Gasteiger partial charge is 0.325 e. The summed E-state index contributed by atoms with van der Waals surface area (Å²) in [6.07, 6.45) is 2.06. The molecule has 0 heterocycles. The van der Waals surface area contributed by atoms with Crippen molar-refractivity contribution >= 4 is 12.4 Å². The molecular formula is C6H10N2O2. The highest BCUT2D eigenvalue weighted by molar-refractivity contribution is 5.85. The molecule has 0 radical (unpaired) electrons. The molecule has 0 bridgehead atoms. The van der Waals surface area contributed by atoms with E-state index in [0.29, 0.717) is 12.1 Å². The standard InChI is InChI=1S/C6H10N2O2/c1-3-5(2)8-6(10)7-4-9/h3-4H,1-2H3,(H2,7,8,9,10)/b5-3-. The Kier molecular flexibility index (Phi) is 3.95. The summed E-state index contributed by atoms with van der Waals surface area (Å²) >= 11 is 0. The summed E-state index contributed by atoms with van der Waals surface area (Å²) in [5, 5.41) is 4.35. The van der Waals surface area contributed by atoms with E-state index in [4.69, 9.17) is 0 Å². The van der Waals surface area contributed by atoms with Gasteiger partial charge in [-0.05, 0) is 13.8 Å². The second-order valence-electron chi connectivity index (χ2n) is 1.69. The minimum Gasteiger partial charge on any atom is -0.312 e. The van der Waals surface area contributed by atoms with Crippen LogP contribution in [0.5, 0.6) is 0 Å². The van der Waals surface area contributed by atoms with Gasteiger partial charge in [0, 0.05) is 5.70 Å². The quantitative estimate of drug-likeness (QED) is 0.547. The maximum absolute atomic E-state index is 10.5. The normalized spacial score (nSPS) is 10.4. The van der Waals surface area contributed by atoms with Gasteiger partial charge < -0.3 is 5.32 Å². The number of hydrogen-bond donors (Lipinski definition) is 2. The van der Waals surface area contributed by atoms with E-state index in [0.717, 1.165) is 0 Å². The van der Waals surface area contributed by atoms with E-state index >= 15 is 0 Å². The Bertz CT molecular complexity index is 163. The molecule has 0 atom stereocenters. The van der Waals surface area contributed by atoms with Crippen molar-refractivity contribution in [3.63, 3.8) is 0 Å². The first-order valence-electron chi connectivity index (χ1n) is 2.84. The number of imide groups is 1. The molecule has 0 aliphatic carbocycles. The fourth-order valence-electron chi connectivity index (χ4n) is 0.341. The molecule has 0 aliphatic rings. The van der Waals surface area contributed by atoms with Gasteiger partial charge in [-0.25, -0.2) is 4.79 Å². The topological polar surface area (TPSA) is 58.2 Å². The summed E-state index contributed by atoms with van der Waals surface area (Å²) in [5.41, 5.74) is 0.708. The van der Waals surface area contributed by atoms with Crippen molar-refractivity contribution in [3.05, 3.63) is 11.8 Å². The lowest BCUT2D eigenvalue weighted by Gasteiger charge is -2.00. The molecule has 0 fully saturated rings. The third-order valence-electron chi connectivity index (χ3n) is 0.934. The van der Waals surface area contributed by atoms with Crippen LogP contribution in [0.2, 0.25) is 0 Å². The van der Waals surface area contributed by atoms with E-state index in [9.17, 15) is 9.59 Å². The Morgan fingerprint density at radius 1 is 1.50 bits per heavy atom. The van der Waals surface area contributed by atoms with Crippen molar-refractivity contribution in [1.29, 1.82) is 0 Å². The molecule has 0 spiro atoms. The van der Waals surface area contributed by atoms with Gasteiger partial charge >= 0.3 is 6.03 Å². The first-order valence-corrected chi connectivity index (χ1v) is 2.84. The number of carbonyl (C=O) groups is 2. The number of urea groups is 1. The van der Waals surface area contributed by atoms with Crippen LogP contribution in [0.4, 0.5) is 4.79 Å². The first kappa shape index (κ1) is 8.68. The number of rotatable bonds is 2. The molecular weight excluding hydrogens is 132 g/mol. The lowest BCUT2D eigenvalue weighted by Crippen LogP contribution is -2.33. The fraction of sp³-hybridized carbons (Fsp3) is 0.333. The van der Waals surface area contributed by atoms with Gasteiger partial charge in [-0.15, -0.1) is 0 Å². The van der Waals surface area contributed by atoms with Crippen molar-refractivity contribution in [2.45, 2.75) is 13.8 Å². The van der Waals surface area contributed by atoms with Gasteiger partial charge in [0.15, 0.2) is 0 Å². The molecule has 2 N–H and O–H groups in total. The molecule has 0 aromatic carbocycles. The second kappa shape index (κ2) is 4.55. The van der Waals surface area contributed by atoms with E-state index in [1.54, 1.807) is 19.9 Å². The molecule has 0 aliphatic heterocycles. The number of hydrogen-bond acceptors (Lipinski definition) is 2. The van der Waals surface area contributed by atoms with Gasteiger partial charge in [-0.2, -0.15) is 0 Å². The summed E-state index contributed by atoms with van der Waals surface area (Å²) in [6.45, 7) is 3.51. The Hall–Kier alpha value is -1.32. The molecule has 0 rings (SSSR count). The monoisotopic (exact) mass is 142 g/mol. The lowest BCUT2D eigenvalue weighted by molar-refractivity contribution is -0.108. The van der Waals surface area contributed by atoms with Crippen LogP contribution >= 0.6 is 0 Å². The highest BCUT2D eigenvalue weighted by Crippen LogP contribution is 1.82. The lowest BCUT2D eigenvalue weighted by atomic mass is 10.5. The van der Waals surface area contributed by atoms with Gasteiger partial charge in [0.05, 0.1) is 0 Å². The van der Waals surface area contributed by atoms with Crippen molar-refractivity contribution in [1.82, 2.24) is 10.6 Å². The Morgan fingerprint density at radius 3 is 2.50 bits per heavy atom. The summed E-state index contributed by atoms with van der Waals surface area (Å²) in [6, 6.07) is -0.509. The third kappa shape index (κ3) is 3.65. The van der Waals surface area contributed by atoms with E-state index in [-0.39, 0.29) is 0 Å². The van der Waals surface area contributed by atoms with Crippen LogP contribution in [-0.4, -0.2) is 12.4 Å². The maximum atomic E-state index is 10.5. The van der Waals surface area contributed by atoms with Gasteiger partial charge in [0.1, 0.15) is 0 Å². The van der Waals surface area contributed by atoms with Gasteiger partial charge in [0.2, 0.25) is 6.41 Å². The molecule has 0 aromatic heterocycles. The second-order valence-corrected chi connectivity index (χ2v) is 1.69. The molecule has 0 saturated heterocycles. The number of allylic oxidation sites excluding steroid dienone is 2. The van der Waals surface area contributed by atoms with E-state index in [1.165, 1.54) is 0 Å². The molecule has 4 nitrogen and oxygen atoms in total. The average molecular weight is 142 g/mol. The molecule has 0 unspecified atom stereocenters. The van der Waals surface area contributed by atoms with Crippen molar-refractivity contribution in [2.24, 2.45) is 0 Å². The third-order valence-corrected chi connectivity index (χ3v) is 0.934. The van der Waals surface area contributed by atoms with E-state index < -0.39 is 6.03 Å². The highest BCUT2D eigenvalue weighted by Gasteiger charge is 1.95. The minimum atomic E-state index is -0.509. The molecule has 10 heavy (non-hydrogen) atoms. The van der Waals surface area contributed by atoms with Crippen molar-refractivity contribution < 1.29 is 9.59 Å². The summed E-state index contributed by atoms with van der Waals surface area (Å²) in [4.78, 5) is 20.2. The first-order chi connectivity index (χ1) is 4.70. The number of carbonyl (C=O) groups excluding carboxylic acids is 2. The van der Waals surface area contributed by atoms with Gasteiger partial charge in [0.25, 0.3) is 0 Å². The van der Waals surface area contributed by atoms with Crippen LogP contribution in [0.25, 0.3) is 0 Å². The summed E-state index contributed by atoms with van der Waals surface area (Å²) in [5.74, 6) is 0. The van der Waals surface area contributed by atoms with E-state index in [2.05, 4.69) is 5.32 Å². The SMILES string of the molecule is C/C=C(/C)NC(=O)NC=O. The Labute approximate surface area is 59.3 Å². The molecule has 4 heteroatoms. The van der Waals surface area contributed by atoms with Crippen LogP contribution in [0, 0.1) is 0 Å². The minimum absolute atomic E-state index is 0.332. The zero-order valence-corrected chi connectivity index (χ0v) is 5.97. The predicted molar refractivity (Wildman–Crippen MR) is 37.2 cm³/mol. The van der Waals surface area contributed by atoms with E-state index in [1.807, 2.05) is 5.32 Å². The van der Waals surface area contributed by atoms with Gasteiger partial charge in [-0.3, -0.25) is 10.1 Å². The predicted octanol–water partition coefficient (Wildman–Crippen LogP) is 0.366. The number of nitrogens with one attached hydrogen (secondary N) is 2. The fourth-order valence-corrected chi connectivity index (χ4v) is 0.341. The van der Waals surface area contributed by atoms with Gasteiger partial charge in [-0.1, -0.05) is 6.08 Å². The molecule has 0 saturated carbocycles. The Morgan fingerprint density at radius 2 is 2.10 bits per heavy atom. The number of amides is 3. The average Bonchev–Trinajstić information content (AvgIpc) is 1.88. The maximum Gasteiger partial charge on any atom is 0.325 e. The molecule has 3 amide bonds. The van der Waals surface area contributed by atoms with Crippen LogP contribution in [0.1, 0.15) is 13.8 Å².